The molecule has 1 aliphatic carbocycles. The minimum Gasteiger partial charge on any atom is -0.312 e. The highest BCUT2D eigenvalue weighted by molar-refractivity contribution is 7.22. The Hall–Kier alpha value is -1.58. The monoisotopic (exact) mass is 462 g/mol. The Kier molecular flexibility index (Phi) is 5.41. The van der Waals surface area contributed by atoms with Crippen molar-refractivity contribution in [3.8, 4) is 6.07 Å². The van der Waals surface area contributed by atoms with E-state index in [-0.39, 0.29) is 11.3 Å². The third-order valence-corrected chi connectivity index (χ3v) is 8.69. The largest absolute Gasteiger partial charge is 0.312 e. The average molecular weight is 463 g/mol. The molecule has 0 aliphatic heterocycles. The molecule has 7 heteroatoms. The SMILES string of the molecule is CC(C)(C)C1CCc2c(sc(NC(=O)c3sc4cc(Cl)ccc4c3Cl)c2C#N)C1. The Morgan fingerprint density at radius 3 is 2.72 bits per heavy atom. The van der Waals surface area contributed by atoms with E-state index in [0.717, 1.165) is 34.9 Å². The number of hydrogen-bond acceptors (Lipinski definition) is 4. The summed E-state index contributed by atoms with van der Waals surface area (Å²) in [6.45, 7) is 6.79. The van der Waals surface area contributed by atoms with Crippen LogP contribution in [0.1, 0.15) is 52.9 Å². The second-order valence-electron chi connectivity index (χ2n) is 8.47. The zero-order valence-corrected chi connectivity index (χ0v) is 19.5. The molecule has 0 fully saturated rings. The average Bonchev–Trinajstić information content (AvgIpc) is 3.16. The van der Waals surface area contributed by atoms with Crippen molar-refractivity contribution in [2.45, 2.75) is 40.0 Å². The van der Waals surface area contributed by atoms with E-state index in [4.69, 9.17) is 23.2 Å². The molecule has 0 saturated carbocycles. The smallest absolute Gasteiger partial charge is 0.267 e. The Balaban J connectivity index is 1.65. The molecule has 2 heterocycles. The number of thiophene rings is 2. The molecule has 1 N–H and O–H groups in total. The van der Waals surface area contributed by atoms with E-state index in [0.29, 0.717) is 31.4 Å². The number of nitrogens with one attached hydrogen (secondary N) is 1. The molecule has 1 aromatic carbocycles. The van der Waals surface area contributed by atoms with E-state index >= 15 is 0 Å². The Morgan fingerprint density at radius 1 is 1.28 bits per heavy atom. The molecule has 1 aliphatic rings. The van der Waals surface area contributed by atoms with E-state index in [9.17, 15) is 10.1 Å². The topological polar surface area (TPSA) is 52.9 Å². The molecule has 0 saturated heterocycles. The first-order valence-corrected chi connectivity index (χ1v) is 11.8. The quantitative estimate of drug-likeness (QED) is 0.427. The van der Waals surface area contributed by atoms with Gasteiger partial charge in [0, 0.05) is 20.0 Å². The Morgan fingerprint density at radius 2 is 2.03 bits per heavy atom. The van der Waals surface area contributed by atoms with Crippen LogP contribution in [-0.2, 0) is 12.8 Å². The van der Waals surface area contributed by atoms with E-state index in [1.54, 1.807) is 12.1 Å². The second kappa shape index (κ2) is 7.59. The normalized spacial score (nSPS) is 16.5. The zero-order valence-electron chi connectivity index (χ0n) is 16.4. The fourth-order valence-corrected chi connectivity index (χ4v) is 6.84. The van der Waals surface area contributed by atoms with Gasteiger partial charge >= 0.3 is 0 Å². The molecule has 1 atom stereocenters. The molecule has 150 valence electrons. The summed E-state index contributed by atoms with van der Waals surface area (Å²) >= 11 is 15.4. The van der Waals surface area contributed by atoms with Crippen LogP contribution in [0.2, 0.25) is 10.0 Å². The number of hydrogen-bond donors (Lipinski definition) is 1. The molecule has 0 radical (unpaired) electrons. The summed E-state index contributed by atoms with van der Waals surface area (Å²) in [5, 5.41) is 15.2. The summed E-state index contributed by atoms with van der Waals surface area (Å²) in [5.41, 5.74) is 1.93. The number of anilines is 1. The van der Waals surface area contributed by atoms with Crippen molar-refractivity contribution in [1.82, 2.24) is 0 Å². The fraction of sp³-hybridized carbons (Fsp3) is 0.364. The van der Waals surface area contributed by atoms with Crippen molar-refractivity contribution < 1.29 is 4.79 Å². The van der Waals surface area contributed by atoms with Crippen molar-refractivity contribution in [3.63, 3.8) is 0 Å². The first-order valence-electron chi connectivity index (χ1n) is 9.42. The number of halogens is 2. The number of amides is 1. The van der Waals surface area contributed by atoms with E-state index in [2.05, 4.69) is 32.2 Å². The number of carbonyl (C=O) groups is 1. The van der Waals surface area contributed by atoms with Gasteiger partial charge in [0.1, 0.15) is 15.9 Å². The molecular weight excluding hydrogens is 443 g/mol. The van der Waals surface area contributed by atoms with E-state index in [1.165, 1.54) is 27.6 Å². The van der Waals surface area contributed by atoms with Crippen LogP contribution in [0.15, 0.2) is 18.2 Å². The third kappa shape index (κ3) is 3.80. The van der Waals surface area contributed by atoms with Crippen LogP contribution in [0.25, 0.3) is 10.1 Å². The maximum absolute atomic E-state index is 13.0. The van der Waals surface area contributed by atoms with Gasteiger partial charge < -0.3 is 5.32 Å². The number of benzene rings is 1. The summed E-state index contributed by atoms with van der Waals surface area (Å²) in [6.07, 6.45) is 2.91. The van der Waals surface area contributed by atoms with Gasteiger partial charge in [0.15, 0.2) is 0 Å². The van der Waals surface area contributed by atoms with Crippen LogP contribution < -0.4 is 5.32 Å². The molecule has 3 aromatic rings. The van der Waals surface area contributed by atoms with Gasteiger partial charge in [0.05, 0.1) is 10.6 Å². The first kappa shape index (κ1) is 20.7. The third-order valence-electron chi connectivity index (χ3n) is 5.63. The summed E-state index contributed by atoms with van der Waals surface area (Å²) in [5.74, 6) is 0.292. The predicted molar refractivity (Wildman–Crippen MR) is 124 cm³/mol. The lowest BCUT2D eigenvalue weighted by Crippen LogP contribution is -2.26. The molecule has 1 unspecified atom stereocenters. The second-order valence-corrected chi connectivity index (χ2v) is 11.4. The van der Waals surface area contributed by atoms with Crippen LogP contribution in [0, 0.1) is 22.7 Å². The summed E-state index contributed by atoms with van der Waals surface area (Å²) in [7, 11) is 0. The molecule has 29 heavy (non-hydrogen) atoms. The van der Waals surface area contributed by atoms with Gasteiger partial charge in [-0.25, -0.2) is 0 Å². The Bertz CT molecular complexity index is 1160. The van der Waals surface area contributed by atoms with Crippen molar-refractivity contribution >= 4 is 66.9 Å². The van der Waals surface area contributed by atoms with Gasteiger partial charge in [0.2, 0.25) is 0 Å². The lowest BCUT2D eigenvalue weighted by atomic mass is 9.72. The van der Waals surface area contributed by atoms with E-state index in [1.807, 2.05) is 6.07 Å². The number of nitrogens with zero attached hydrogens (tertiary/aromatic N) is 1. The summed E-state index contributed by atoms with van der Waals surface area (Å²) in [4.78, 5) is 14.6. The molecule has 2 aromatic heterocycles. The fourth-order valence-electron chi connectivity index (χ4n) is 3.88. The van der Waals surface area contributed by atoms with Gasteiger partial charge in [-0.05, 0) is 48.3 Å². The predicted octanol–water partition coefficient (Wildman–Crippen LogP) is 7.54. The maximum atomic E-state index is 13.0. The van der Waals surface area contributed by atoms with Crippen LogP contribution in [-0.4, -0.2) is 5.91 Å². The standard InChI is InChI=1S/C22H20Cl2N2OS2/c1-22(2,3)11-4-6-13-15(10-25)21(29-16(13)8-11)26-20(27)19-18(24)14-7-5-12(23)9-17(14)28-19/h5,7,9,11H,4,6,8H2,1-3H3,(H,26,27). The zero-order chi connectivity index (χ0) is 20.9. The van der Waals surface area contributed by atoms with Crippen molar-refractivity contribution in [1.29, 1.82) is 5.26 Å². The minimum absolute atomic E-state index is 0.226. The molecular formula is C22H20Cl2N2OS2. The molecule has 0 bridgehead atoms. The van der Waals surface area contributed by atoms with Crippen LogP contribution >= 0.6 is 45.9 Å². The lowest BCUT2D eigenvalue weighted by Gasteiger charge is -2.33. The first-order chi connectivity index (χ1) is 13.7. The van der Waals surface area contributed by atoms with Crippen molar-refractivity contribution in [2.24, 2.45) is 11.3 Å². The minimum atomic E-state index is -0.283. The lowest BCUT2D eigenvalue weighted by molar-refractivity contribution is 0.103. The summed E-state index contributed by atoms with van der Waals surface area (Å²) < 4.78 is 0.867. The highest BCUT2D eigenvalue weighted by Gasteiger charge is 2.32. The van der Waals surface area contributed by atoms with Gasteiger partial charge in [-0.15, -0.1) is 22.7 Å². The number of fused-ring (bicyclic) bond motifs is 2. The highest BCUT2D eigenvalue weighted by atomic mass is 35.5. The highest BCUT2D eigenvalue weighted by Crippen LogP contribution is 2.44. The maximum Gasteiger partial charge on any atom is 0.267 e. The van der Waals surface area contributed by atoms with Crippen molar-refractivity contribution in [2.75, 3.05) is 5.32 Å². The van der Waals surface area contributed by atoms with Crippen LogP contribution in [0.4, 0.5) is 5.00 Å². The summed E-state index contributed by atoms with van der Waals surface area (Å²) in [6, 6.07) is 7.70. The van der Waals surface area contributed by atoms with Gasteiger partial charge in [0.25, 0.3) is 5.91 Å². The van der Waals surface area contributed by atoms with Gasteiger partial charge in [-0.2, -0.15) is 5.26 Å². The van der Waals surface area contributed by atoms with Crippen molar-refractivity contribution in [3.05, 3.63) is 49.1 Å². The van der Waals surface area contributed by atoms with Crippen LogP contribution in [0.5, 0.6) is 0 Å². The molecule has 3 nitrogen and oxygen atoms in total. The Labute approximate surface area is 188 Å². The number of nitriles is 1. The number of rotatable bonds is 2. The molecule has 1 amide bonds. The molecule has 4 rings (SSSR count). The molecule has 0 spiro atoms. The number of carbonyl (C=O) groups excluding carboxylic acids is 1. The van der Waals surface area contributed by atoms with Crippen LogP contribution in [0.3, 0.4) is 0 Å². The van der Waals surface area contributed by atoms with Gasteiger partial charge in [-0.1, -0.05) is 50.0 Å². The van der Waals surface area contributed by atoms with E-state index < -0.39 is 0 Å². The van der Waals surface area contributed by atoms with Gasteiger partial charge in [-0.3, -0.25) is 4.79 Å².